The highest BCUT2D eigenvalue weighted by Crippen LogP contribution is 2.26. The molecular weight excluding hydrogens is 336 g/mol. The number of hydrogen-bond acceptors (Lipinski definition) is 3. The van der Waals surface area contributed by atoms with Crippen LogP contribution in [0.1, 0.15) is 25.0 Å². The number of nitrogens with zero attached hydrogens (tertiary/aromatic N) is 1. The molecule has 130 valence electrons. The normalized spacial score (nSPS) is 12.1. The van der Waals surface area contributed by atoms with E-state index in [0.717, 1.165) is 22.0 Å². The zero-order chi connectivity index (χ0) is 17.9. The molecule has 0 aliphatic carbocycles. The molecule has 0 aliphatic rings. The second kappa shape index (κ2) is 7.38. The minimum atomic E-state index is -4.20. The Morgan fingerprint density at radius 1 is 1.08 bits per heavy atom. The lowest BCUT2D eigenvalue weighted by atomic mass is 10.2. The van der Waals surface area contributed by atoms with Gasteiger partial charge >= 0.3 is 0 Å². The first kappa shape index (κ1) is 18.5. The summed E-state index contributed by atoms with van der Waals surface area (Å²) in [6, 6.07) is 10.2. The van der Waals surface area contributed by atoms with Gasteiger partial charge in [0.25, 0.3) is 0 Å². The SMILES string of the molecule is CC(C)N(Cc1ccccc1)S(=O)(=O)c1ccc(F)c(CO)c1F. The van der Waals surface area contributed by atoms with E-state index in [4.69, 9.17) is 5.11 Å². The van der Waals surface area contributed by atoms with E-state index in [-0.39, 0.29) is 6.54 Å². The first-order valence-electron chi connectivity index (χ1n) is 7.42. The van der Waals surface area contributed by atoms with Crippen LogP contribution < -0.4 is 0 Å². The van der Waals surface area contributed by atoms with Crippen molar-refractivity contribution >= 4 is 10.0 Å². The van der Waals surface area contributed by atoms with Crippen LogP contribution in [-0.2, 0) is 23.2 Å². The highest BCUT2D eigenvalue weighted by molar-refractivity contribution is 7.89. The molecule has 0 aromatic heterocycles. The maximum atomic E-state index is 14.4. The first-order chi connectivity index (χ1) is 11.3. The molecule has 0 radical (unpaired) electrons. The topological polar surface area (TPSA) is 57.6 Å². The monoisotopic (exact) mass is 355 g/mol. The number of rotatable bonds is 6. The minimum absolute atomic E-state index is 0.0616. The Morgan fingerprint density at radius 2 is 1.71 bits per heavy atom. The average molecular weight is 355 g/mol. The third-order valence-corrected chi connectivity index (χ3v) is 5.69. The number of aliphatic hydroxyl groups is 1. The summed E-state index contributed by atoms with van der Waals surface area (Å²) < 4.78 is 54.8. The zero-order valence-corrected chi connectivity index (χ0v) is 14.2. The number of benzene rings is 2. The molecule has 0 saturated heterocycles. The predicted octanol–water partition coefficient (Wildman–Crippen LogP) is 3.06. The van der Waals surface area contributed by atoms with Gasteiger partial charge in [-0.15, -0.1) is 0 Å². The fourth-order valence-corrected chi connectivity index (χ4v) is 4.07. The van der Waals surface area contributed by atoms with Crippen LogP contribution in [0.25, 0.3) is 0 Å². The molecule has 0 bridgehead atoms. The van der Waals surface area contributed by atoms with Gasteiger partial charge in [-0.1, -0.05) is 30.3 Å². The molecule has 0 unspecified atom stereocenters. The van der Waals surface area contributed by atoms with E-state index in [1.165, 1.54) is 0 Å². The standard InChI is InChI=1S/C17H19F2NO3S/c1-12(2)20(10-13-6-4-3-5-7-13)24(22,23)16-9-8-15(18)14(11-21)17(16)19/h3-9,12,21H,10-11H2,1-2H3. The summed E-state index contributed by atoms with van der Waals surface area (Å²) >= 11 is 0. The van der Waals surface area contributed by atoms with Crippen LogP contribution in [0.5, 0.6) is 0 Å². The van der Waals surface area contributed by atoms with E-state index < -0.39 is 44.8 Å². The summed E-state index contributed by atoms with van der Waals surface area (Å²) in [6.45, 7) is 2.50. The van der Waals surface area contributed by atoms with Crippen molar-refractivity contribution in [1.82, 2.24) is 4.31 Å². The largest absolute Gasteiger partial charge is 0.391 e. The second-order valence-electron chi connectivity index (χ2n) is 5.63. The van der Waals surface area contributed by atoms with Gasteiger partial charge in [0.1, 0.15) is 10.7 Å². The Hall–Kier alpha value is -1.83. The summed E-state index contributed by atoms with van der Waals surface area (Å²) in [4.78, 5) is -0.641. The van der Waals surface area contributed by atoms with Crippen molar-refractivity contribution in [1.29, 1.82) is 0 Å². The smallest absolute Gasteiger partial charge is 0.246 e. The molecule has 0 heterocycles. The molecule has 0 spiro atoms. The van der Waals surface area contributed by atoms with Gasteiger partial charge in [0.15, 0.2) is 5.82 Å². The predicted molar refractivity (Wildman–Crippen MR) is 86.6 cm³/mol. The van der Waals surface area contributed by atoms with Gasteiger partial charge in [0, 0.05) is 12.6 Å². The highest BCUT2D eigenvalue weighted by Gasteiger charge is 2.31. The Balaban J connectivity index is 2.50. The van der Waals surface area contributed by atoms with Crippen molar-refractivity contribution in [2.45, 2.75) is 37.9 Å². The summed E-state index contributed by atoms with van der Waals surface area (Å²) in [6.07, 6.45) is 0. The third kappa shape index (κ3) is 3.63. The van der Waals surface area contributed by atoms with Crippen molar-refractivity contribution in [2.75, 3.05) is 0 Å². The van der Waals surface area contributed by atoms with Gasteiger partial charge in [-0.2, -0.15) is 4.31 Å². The zero-order valence-electron chi connectivity index (χ0n) is 13.4. The van der Waals surface area contributed by atoms with Crippen molar-refractivity contribution in [3.8, 4) is 0 Å². The minimum Gasteiger partial charge on any atom is -0.391 e. The van der Waals surface area contributed by atoms with Crippen LogP contribution >= 0.6 is 0 Å². The Kier molecular flexibility index (Phi) is 5.69. The molecule has 2 aromatic carbocycles. The summed E-state index contributed by atoms with van der Waals surface area (Å²) in [7, 11) is -4.20. The summed E-state index contributed by atoms with van der Waals surface area (Å²) in [5.41, 5.74) is 0.0965. The molecule has 1 N–H and O–H groups in total. The second-order valence-corrected chi connectivity index (χ2v) is 7.48. The summed E-state index contributed by atoms with van der Waals surface area (Å²) in [5.74, 6) is -2.23. The van der Waals surface area contributed by atoms with Crippen LogP contribution in [0.4, 0.5) is 8.78 Å². The van der Waals surface area contributed by atoms with Gasteiger partial charge in [0.05, 0.1) is 12.2 Å². The maximum Gasteiger partial charge on any atom is 0.246 e. The lowest BCUT2D eigenvalue weighted by Crippen LogP contribution is -2.37. The number of halogens is 2. The molecule has 7 heteroatoms. The van der Waals surface area contributed by atoms with Crippen LogP contribution in [0.2, 0.25) is 0 Å². The number of hydrogen-bond donors (Lipinski definition) is 1. The maximum absolute atomic E-state index is 14.4. The van der Waals surface area contributed by atoms with E-state index in [9.17, 15) is 17.2 Å². The molecule has 4 nitrogen and oxygen atoms in total. The number of sulfonamides is 1. The molecule has 0 aliphatic heterocycles. The highest BCUT2D eigenvalue weighted by atomic mass is 32.2. The van der Waals surface area contributed by atoms with E-state index in [1.807, 2.05) is 6.07 Å². The molecule has 24 heavy (non-hydrogen) atoms. The fourth-order valence-electron chi connectivity index (χ4n) is 2.36. The lowest BCUT2D eigenvalue weighted by molar-refractivity contribution is 0.267. The first-order valence-corrected chi connectivity index (χ1v) is 8.86. The van der Waals surface area contributed by atoms with Crippen LogP contribution in [0.3, 0.4) is 0 Å². The molecule has 0 fully saturated rings. The Morgan fingerprint density at radius 3 is 2.25 bits per heavy atom. The quantitative estimate of drug-likeness (QED) is 0.866. The van der Waals surface area contributed by atoms with Gasteiger partial charge in [0.2, 0.25) is 10.0 Å². The molecule has 2 aromatic rings. The van der Waals surface area contributed by atoms with Gasteiger partial charge in [-0.05, 0) is 31.5 Å². The van der Waals surface area contributed by atoms with Crippen molar-refractivity contribution < 1.29 is 22.3 Å². The number of aliphatic hydroxyl groups excluding tert-OH is 1. The molecule has 0 atom stereocenters. The van der Waals surface area contributed by atoms with Crippen molar-refractivity contribution in [3.63, 3.8) is 0 Å². The summed E-state index contributed by atoms with van der Waals surface area (Å²) in [5, 5.41) is 9.08. The molecule has 2 rings (SSSR count). The van der Waals surface area contributed by atoms with Crippen LogP contribution in [0, 0.1) is 11.6 Å². The van der Waals surface area contributed by atoms with E-state index >= 15 is 0 Å². The van der Waals surface area contributed by atoms with Crippen LogP contribution in [-0.4, -0.2) is 23.9 Å². The molecule has 0 amide bonds. The van der Waals surface area contributed by atoms with E-state index in [1.54, 1.807) is 38.1 Å². The Labute approximate surface area is 140 Å². The molecular formula is C17H19F2NO3S. The lowest BCUT2D eigenvalue weighted by Gasteiger charge is -2.26. The Bertz CT molecular complexity index is 808. The van der Waals surface area contributed by atoms with Crippen molar-refractivity contribution in [3.05, 3.63) is 65.2 Å². The van der Waals surface area contributed by atoms with Gasteiger partial charge in [-0.3, -0.25) is 0 Å². The average Bonchev–Trinajstić information content (AvgIpc) is 2.53. The van der Waals surface area contributed by atoms with Crippen LogP contribution in [0.15, 0.2) is 47.4 Å². The molecule has 0 saturated carbocycles. The van der Waals surface area contributed by atoms with Gasteiger partial charge in [-0.25, -0.2) is 17.2 Å². The third-order valence-electron chi connectivity index (χ3n) is 3.65. The van der Waals surface area contributed by atoms with E-state index in [2.05, 4.69) is 0 Å². The van der Waals surface area contributed by atoms with Crippen molar-refractivity contribution in [2.24, 2.45) is 0 Å². The van der Waals surface area contributed by atoms with Gasteiger partial charge < -0.3 is 5.11 Å². The fraction of sp³-hybridized carbons (Fsp3) is 0.294. The van der Waals surface area contributed by atoms with E-state index in [0.29, 0.717) is 0 Å².